The van der Waals surface area contributed by atoms with Crippen LogP contribution in [0.25, 0.3) is 0 Å². The lowest BCUT2D eigenvalue weighted by Gasteiger charge is -2.15. The number of benzene rings is 1. The Kier molecular flexibility index (Phi) is 8.44. The first-order chi connectivity index (χ1) is 10.6. The molecule has 2 amide bonds. The Balaban J connectivity index is 0.00000264. The molecule has 1 unspecified atom stereocenters. The summed E-state index contributed by atoms with van der Waals surface area (Å²) in [7, 11) is 0. The number of hydrogen-bond donors (Lipinski definition) is 3. The zero-order valence-electron chi connectivity index (χ0n) is 13.2. The molecule has 0 aromatic heterocycles. The minimum atomic E-state index is -0.0979. The van der Waals surface area contributed by atoms with Crippen LogP contribution >= 0.6 is 24.2 Å². The van der Waals surface area contributed by atoms with Crippen molar-refractivity contribution in [2.24, 2.45) is 11.7 Å². The van der Waals surface area contributed by atoms with E-state index in [9.17, 15) is 9.59 Å². The molecule has 5 nitrogen and oxygen atoms in total. The molecular weight excluding hydrogens is 334 g/mol. The fraction of sp³-hybridized carbons (Fsp3) is 0.500. The number of amides is 2. The zero-order valence-corrected chi connectivity index (χ0v) is 14.8. The quantitative estimate of drug-likeness (QED) is 0.663. The third-order valence-corrected chi connectivity index (χ3v) is 4.53. The molecule has 0 radical (unpaired) electrons. The first-order valence-corrected chi connectivity index (χ1v) is 8.67. The lowest BCUT2D eigenvalue weighted by atomic mass is 10.2. The minimum absolute atomic E-state index is 0. The highest BCUT2D eigenvalue weighted by Gasteiger charge is 2.31. The van der Waals surface area contributed by atoms with Gasteiger partial charge < -0.3 is 16.4 Å². The number of halogens is 1. The van der Waals surface area contributed by atoms with Gasteiger partial charge in [0.05, 0.1) is 11.5 Å². The van der Waals surface area contributed by atoms with Gasteiger partial charge in [0.2, 0.25) is 11.8 Å². The summed E-state index contributed by atoms with van der Waals surface area (Å²) in [6.45, 7) is 2.48. The number of nitrogens with two attached hydrogens (primary N) is 1. The molecule has 0 saturated heterocycles. The van der Waals surface area contributed by atoms with Gasteiger partial charge in [0, 0.05) is 18.3 Å². The van der Waals surface area contributed by atoms with Crippen LogP contribution in [-0.4, -0.2) is 35.9 Å². The van der Waals surface area contributed by atoms with Crippen LogP contribution in [0.1, 0.15) is 18.4 Å². The lowest BCUT2D eigenvalue weighted by molar-refractivity contribution is -0.119. The molecule has 0 bridgehead atoms. The van der Waals surface area contributed by atoms with Gasteiger partial charge in [-0.25, -0.2) is 0 Å². The molecule has 1 fully saturated rings. The fourth-order valence-electron chi connectivity index (χ4n) is 2.19. The largest absolute Gasteiger partial charge is 0.351 e. The van der Waals surface area contributed by atoms with Crippen LogP contribution in [0, 0.1) is 12.8 Å². The van der Waals surface area contributed by atoms with Crippen molar-refractivity contribution < 1.29 is 9.59 Å². The molecule has 128 valence electrons. The van der Waals surface area contributed by atoms with Crippen molar-refractivity contribution in [3.63, 3.8) is 0 Å². The number of thioether (sulfide) groups is 1. The molecule has 1 aromatic carbocycles. The highest BCUT2D eigenvalue weighted by Crippen LogP contribution is 2.32. The summed E-state index contributed by atoms with van der Waals surface area (Å²) in [5.41, 5.74) is 7.57. The predicted octanol–water partition coefficient (Wildman–Crippen LogP) is 1.94. The number of nitrogens with one attached hydrogen (secondary N) is 2. The average molecular weight is 358 g/mol. The highest BCUT2D eigenvalue weighted by atomic mass is 35.5. The van der Waals surface area contributed by atoms with Crippen LogP contribution < -0.4 is 16.4 Å². The summed E-state index contributed by atoms with van der Waals surface area (Å²) in [5.74, 6) is 0.946. The van der Waals surface area contributed by atoms with Crippen molar-refractivity contribution in [2.45, 2.75) is 25.8 Å². The molecule has 0 spiro atoms. The van der Waals surface area contributed by atoms with Gasteiger partial charge in [0.15, 0.2) is 0 Å². The van der Waals surface area contributed by atoms with Crippen molar-refractivity contribution in [1.29, 1.82) is 0 Å². The molecule has 2 rings (SSSR count). The van der Waals surface area contributed by atoms with Gasteiger partial charge in [-0.15, -0.1) is 24.2 Å². The Morgan fingerprint density at radius 2 is 1.83 bits per heavy atom. The SMILES string of the molecule is Cc1ccc(NC(=O)CSCC(=O)NC(CN)C2CC2)cc1.Cl. The second-order valence-electron chi connectivity index (χ2n) is 5.65. The Bertz CT molecular complexity index is 521. The third-order valence-electron chi connectivity index (χ3n) is 3.59. The van der Waals surface area contributed by atoms with Gasteiger partial charge in [0.1, 0.15) is 0 Å². The van der Waals surface area contributed by atoms with Crippen molar-refractivity contribution in [3.8, 4) is 0 Å². The molecule has 23 heavy (non-hydrogen) atoms. The topological polar surface area (TPSA) is 84.2 Å². The number of carbonyl (C=O) groups is 2. The molecule has 0 aliphatic heterocycles. The van der Waals surface area contributed by atoms with Gasteiger partial charge >= 0.3 is 0 Å². The number of carbonyl (C=O) groups excluding carboxylic acids is 2. The van der Waals surface area contributed by atoms with Gasteiger partial charge in [-0.1, -0.05) is 17.7 Å². The first kappa shape index (κ1) is 19.8. The van der Waals surface area contributed by atoms with Crippen molar-refractivity contribution >= 4 is 41.7 Å². The molecule has 1 atom stereocenters. The van der Waals surface area contributed by atoms with E-state index in [-0.39, 0.29) is 41.8 Å². The molecule has 1 aliphatic carbocycles. The summed E-state index contributed by atoms with van der Waals surface area (Å²) < 4.78 is 0. The van der Waals surface area contributed by atoms with Crippen LogP contribution in [0.3, 0.4) is 0 Å². The molecule has 0 heterocycles. The van der Waals surface area contributed by atoms with E-state index in [1.165, 1.54) is 11.8 Å². The smallest absolute Gasteiger partial charge is 0.234 e. The number of hydrogen-bond acceptors (Lipinski definition) is 4. The maximum atomic E-state index is 11.8. The Hall–Kier alpha value is -1.24. The molecule has 1 aliphatic rings. The Morgan fingerprint density at radius 3 is 2.39 bits per heavy atom. The maximum Gasteiger partial charge on any atom is 0.234 e. The van der Waals surface area contributed by atoms with Crippen LogP contribution in [0.15, 0.2) is 24.3 Å². The third kappa shape index (κ3) is 7.24. The predicted molar refractivity (Wildman–Crippen MR) is 98.1 cm³/mol. The maximum absolute atomic E-state index is 11.8. The fourth-order valence-corrected chi connectivity index (χ4v) is 2.82. The second kappa shape index (κ2) is 9.80. The van der Waals surface area contributed by atoms with E-state index in [0.29, 0.717) is 12.5 Å². The zero-order chi connectivity index (χ0) is 15.9. The van der Waals surface area contributed by atoms with Crippen molar-refractivity contribution in [1.82, 2.24) is 5.32 Å². The van der Waals surface area contributed by atoms with Crippen molar-refractivity contribution in [2.75, 3.05) is 23.4 Å². The molecule has 4 N–H and O–H groups in total. The van der Waals surface area contributed by atoms with E-state index in [4.69, 9.17) is 5.73 Å². The van der Waals surface area contributed by atoms with Crippen LogP contribution in [0.4, 0.5) is 5.69 Å². The molecule has 1 aromatic rings. The number of aryl methyl sites for hydroxylation is 1. The Labute approximate surface area is 147 Å². The molecular formula is C16H24ClN3O2S. The summed E-state index contributed by atoms with van der Waals surface area (Å²) in [5, 5.41) is 5.75. The van der Waals surface area contributed by atoms with E-state index in [1.54, 1.807) is 0 Å². The van der Waals surface area contributed by atoms with Gasteiger partial charge in [0.25, 0.3) is 0 Å². The molecule has 7 heteroatoms. The lowest BCUT2D eigenvalue weighted by Crippen LogP contribution is -2.42. The first-order valence-electron chi connectivity index (χ1n) is 7.52. The highest BCUT2D eigenvalue weighted by molar-refractivity contribution is 8.00. The van der Waals surface area contributed by atoms with E-state index < -0.39 is 0 Å². The van der Waals surface area contributed by atoms with Gasteiger partial charge in [-0.3, -0.25) is 9.59 Å². The Morgan fingerprint density at radius 1 is 1.22 bits per heavy atom. The standard InChI is InChI=1S/C16H23N3O2S.ClH/c1-11-2-6-13(7-3-11)18-15(20)9-22-10-16(21)19-14(8-17)12-4-5-12;/h2-3,6-7,12,14H,4-5,8-10,17H2,1H3,(H,18,20)(H,19,21);1H. The van der Waals surface area contributed by atoms with Crippen LogP contribution in [0.2, 0.25) is 0 Å². The van der Waals surface area contributed by atoms with Crippen LogP contribution in [-0.2, 0) is 9.59 Å². The number of anilines is 1. The monoisotopic (exact) mass is 357 g/mol. The van der Waals surface area contributed by atoms with Crippen LogP contribution in [0.5, 0.6) is 0 Å². The number of rotatable bonds is 8. The van der Waals surface area contributed by atoms with Crippen molar-refractivity contribution in [3.05, 3.63) is 29.8 Å². The van der Waals surface area contributed by atoms with E-state index in [2.05, 4.69) is 10.6 Å². The van der Waals surface area contributed by atoms with E-state index >= 15 is 0 Å². The average Bonchev–Trinajstić information content (AvgIpc) is 3.32. The second-order valence-corrected chi connectivity index (χ2v) is 6.64. The summed E-state index contributed by atoms with van der Waals surface area (Å²) >= 11 is 1.31. The summed E-state index contributed by atoms with van der Waals surface area (Å²) in [6, 6.07) is 7.72. The van der Waals surface area contributed by atoms with Gasteiger partial charge in [-0.05, 0) is 37.8 Å². The normalized spacial score (nSPS) is 14.5. The summed E-state index contributed by atoms with van der Waals surface area (Å²) in [4.78, 5) is 23.6. The van der Waals surface area contributed by atoms with E-state index in [0.717, 1.165) is 24.1 Å². The minimum Gasteiger partial charge on any atom is -0.351 e. The van der Waals surface area contributed by atoms with E-state index in [1.807, 2.05) is 31.2 Å². The summed E-state index contributed by atoms with van der Waals surface area (Å²) in [6.07, 6.45) is 2.29. The van der Waals surface area contributed by atoms with Gasteiger partial charge in [-0.2, -0.15) is 0 Å². The molecule has 1 saturated carbocycles.